The van der Waals surface area contributed by atoms with Crippen LogP contribution >= 0.6 is 0 Å². The fourth-order valence-corrected chi connectivity index (χ4v) is 2.94. The second-order valence-corrected chi connectivity index (χ2v) is 6.09. The molecule has 0 radical (unpaired) electrons. The molecule has 0 bridgehead atoms. The molecule has 1 aliphatic heterocycles. The highest BCUT2D eigenvalue weighted by atomic mass is 16.2. The quantitative estimate of drug-likeness (QED) is 0.868. The number of nitrogens with zero attached hydrogens (tertiary/aromatic N) is 2. The van der Waals surface area contributed by atoms with Crippen molar-refractivity contribution in [2.75, 3.05) is 36.8 Å². The Morgan fingerprint density at radius 2 is 1.61 bits per heavy atom. The van der Waals surface area contributed by atoms with Crippen molar-refractivity contribution in [3.05, 3.63) is 59.7 Å². The Hall–Kier alpha value is -2.49. The second-order valence-electron chi connectivity index (χ2n) is 6.09. The van der Waals surface area contributed by atoms with Gasteiger partial charge in [0.15, 0.2) is 0 Å². The molecule has 2 aromatic carbocycles. The molecule has 1 fully saturated rings. The lowest BCUT2D eigenvalue weighted by molar-refractivity contribution is 0.0767. The largest absolute Gasteiger partial charge is 0.399 e. The summed E-state index contributed by atoms with van der Waals surface area (Å²) >= 11 is 0. The van der Waals surface area contributed by atoms with E-state index in [4.69, 9.17) is 5.73 Å². The Balaban J connectivity index is 1.67. The van der Waals surface area contributed by atoms with Gasteiger partial charge < -0.3 is 15.5 Å². The van der Waals surface area contributed by atoms with Crippen LogP contribution in [0.25, 0.3) is 0 Å². The van der Waals surface area contributed by atoms with Crippen molar-refractivity contribution in [1.82, 2.24) is 4.90 Å². The number of rotatable bonds is 2. The van der Waals surface area contributed by atoms with Gasteiger partial charge in [0, 0.05) is 43.1 Å². The number of carbonyl (C=O) groups is 1. The molecule has 1 amide bonds. The van der Waals surface area contributed by atoms with E-state index in [9.17, 15) is 4.79 Å². The Labute approximate surface area is 137 Å². The molecule has 23 heavy (non-hydrogen) atoms. The average molecular weight is 309 g/mol. The zero-order chi connectivity index (χ0) is 16.2. The van der Waals surface area contributed by atoms with Crippen LogP contribution in [0.2, 0.25) is 0 Å². The highest BCUT2D eigenvalue weighted by molar-refractivity contribution is 5.94. The molecule has 0 spiro atoms. The van der Waals surface area contributed by atoms with Crippen LogP contribution in [0, 0.1) is 6.92 Å². The van der Waals surface area contributed by atoms with Crippen LogP contribution < -0.4 is 10.6 Å². The fourth-order valence-electron chi connectivity index (χ4n) is 2.94. The minimum Gasteiger partial charge on any atom is -0.399 e. The van der Waals surface area contributed by atoms with Crippen molar-refractivity contribution in [2.24, 2.45) is 0 Å². The minimum atomic E-state index is 0.129. The van der Waals surface area contributed by atoms with E-state index in [1.165, 1.54) is 11.3 Å². The molecule has 0 aromatic heterocycles. The van der Waals surface area contributed by atoms with Crippen LogP contribution in [0.1, 0.15) is 22.3 Å². The monoisotopic (exact) mass is 309 g/mol. The number of nitrogens with two attached hydrogens (primary N) is 1. The van der Waals surface area contributed by atoms with E-state index in [-0.39, 0.29) is 5.91 Å². The van der Waals surface area contributed by atoms with E-state index in [2.05, 4.69) is 4.90 Å². The van der Waals surface area contributed by atoms with Gasteiger partial charge in [-0.2, -0.15) is 0 Å². The summed E-state index contributed by atoms with van der Waals surface area (Å²) in [5, 5.41) is 0. The smallest absolute Gasteiger partial charge is 0.253 e. The molecule has 2 N–H and O–H groups in total. The molecule has 0 unspecified atom stereocenters. The molecular weight excluding hydrogens is 286 g/mol. The summed E-state index contributed by atoms with van der Waals surface area (Å²) in [6.45, 7) is 5.39. The van der Waals surface area contributed by atoms with E-state index >= 15 is 0 Å². The van der Waals surface area contributed by atoms with E-state index in [1.54, 1.807) is 0 Å². The first-order valence-electron chi connectivity index (χ1n) is 8.10. The minimum absolute atomic E-state index is 0.129. The first-order chi connectivity index (χ1) is 11.1. The number of benzene rings is 2. The summed E-state index contributed by atoms with van der Waals surface area (Å²) in [5.41, 5.74) is 9.65. The molecule has 1 heterocycles. The maximum Gasteiger partial charge on any atom is 0.253 e. The SMILES string of the molecule is Cc1ccc(C(=O)N2CCCN(c3ccc(N)cc3)CC2)cc1. The first-order valence-corrected chi connectivity index (χ1v) is 8.10. The van der Waals surface area contributed by atoms with E-state index in [1.807, 2.05) is 60.4 Å². The van der Waals surface area contributed by atoms with Crippen LogP contribution in [0.4, 0.5) is 11.4 Å². The summed E-state index contributed by atoms with van der Waals surface area (Å²) in [6, 6.07) is 15.8. The zero-order valence-corrected chi connectivity index (χ0v) is 13.5. The number of aryl methyl sites for hydroxylation is 1. The van der Waals surface area contributed by atoms with Crippen molar-refractivity contribution in [1.29, 1.82) is 0 Å². The fraction of sp³-hybridized carbons (Fsp3) is 0.316. The number of nitrogen functional groups attached to an aromatic ring is 1. The Bertz CT molecular complexity index is 664. The van der Waals surface area contributed by atoms with E-state index in [0.717, 1.165) is 43.9 Å². The highest BCUT2D eigenvalue weighted by Crippen LogP contribution is 2.19. The third-order valence-electron chi connectivity index (χ3n) is 4.34. The summed E-state index contributed by atoms with van der Waals surface area (Å²) in [6.07, 6.45) is 0.974. The molecule has 0 aliphatic carbocycles. The maximum absolute atomic E-state index is 12.6. The average Bonchev–Trinajstić information content (AvgIpc) is 2.82. The maximum atomic E-state index is 12.6. The van der Waals surface area contributed by atoms with Gasteiger partial charge in [-0.3, -0.25) is 4.79 Å². The van der Waals surface area contributed by atoms with Gasteiger partial charge in [-0.05, 0) is 49.7 Å². The van der Waals surface area contributed by atoms with E-state index in [0.29, 0.717) is 0 Å². The summed E-state index contributed by atoms with van der Waals surface area (Å²) in [5.74, 6) is 0.129. The standard InChI is InChI=1S/C19H23N3O/c1-15-3-5-16(6-4-15)19(23)22-12-2-11-21(13-14-22)18-9-7-17(20)8-10-18/h3-10H,2,11-14,20H2,1H3. The third-order valence-corrected chi connectivity index (χ3v) is 4.34. The summed E-state index contributed by atoms with van der Waals surface area (Å²) in [7, 11) is 0. The summed E-state index contributed by atoms with van der Waals surface area (Å²) in [4.78, 5) is 16.9. The zero-order valence-electron chi connectivity index (χ0n) is 13.5. The van der Waals surface area contributed by atoms with Crippen LogP contribution in [0.5, 0.6) is 0 Å². The van der Waals surface area contributed by atoms with Crippen molar-refractivity contribution in [3.63, 3.8) is 0 Å². The van der Waals surface area contributed by atoms with Crippen LogP contribution in [0.15, 0.2) is 48.5 Å². The lowest BCUT2D eigenvalue weighted by atomic mass is 10.1. The van der Waals surface area contributed by atoms with Crippen molar-refractivity contribution in [2.45, 2.75) is 13.3 Å². The topological polar surface area (TPSA) is 49.6 Å². The molecule has 4 heteroatoms. The predicted molar refractivity (Wildman–Crippen MR) is 94.8 cm³/mol. The van der Waals surface area contributed by atoms with Gasteiger partial charge in [-0.25, -0.2) is 0 Å². The van der Waals surface area contributed by atoms with Crippen molar-refractivity contribution in [3.8, 4) is 0 Å². The molecule has 0 atom stereocenters. The van der Waals surface area contributed by atoms with Gasteiger partial charge in [0.25, 0.3) is 5.91 Å². The van der Waals surface area contributed by atoms with Crippen LogP contribution in [0.3, 0.4) is 0 Å². The molecule has 1 aliphatic rings. The third kappa shape index (κ3) is 3.65. The molecule has 3 rings (SSSR count). The molecular formula is C19H23N3O. The molecule has 4 nitrogen and oxygen atoms in total. The van der Waals surface area contributed by atoms with Crippen LogP contribution in [-0.4, -0.2) is 37.0 Å². The summed E-state index contributed by atoms with van der Waals surface area (Å²) < 4.78 is 0. The van der Waals surface area contributed by atoms with Crippen molar-refractivity contribution >= 4 is 17.3 Å². The number of hydrogen-bond acceptors (Lipinski definition) is 3. The normalized spacial score (nSPS) is 15.3. The van der Waals surface area contributed by atoms with Gasteiger partial charge in [-0.1, -0.05) is 17.7 Å². The molecule has 1 saturated heterocycles. The second kappa shape index (κ2) is 6.73. The molecule has 2 aromatic rings. The van der Waals surface area contributed by atoms with Crippen LogP contribution in [-0.2, 0) is 0 Å². The van der Waals surface area contributed by atoms with Gasteiger partial charge in [0.1, 0.15) is 0 Å². The van der Waals surface area contributed by atoms with Gasteiger partial charge in [0.2, 0.25) is 0 Å². The highest BCUT2D eigenvalue weighted by Gasteiger charge is 2.20. The van der Waals surface area contributed by atoms with E-state index < -0.39 is 0 Å². The first kappa shape index (κ1) is 15.4. The number of anilines is 2. The number of hydrogen-bond donors (Lipinski definition) is 1. The number of carbonyl (C=O) groups excluding carboxylic acids is 1. The molecule has 0 saturated carbocycles. The van der Waals surface area contributed by atoms with Gasteiger partial charge in [-0.15, -0.1) is 0 Å². The Kier molecular flexibility index (Phi) is 4.51. The Morgan fingerprint density at radius 3 is 2.30 bits per heavy atom. The van der Waals surface area contributed by atoms with Gasteiger partial charge in [0.05, 0.1) is 0 Å². The lowest BCUT2D eigenvalue weighted by Gasteiger charge is -2.24. The predicted octanol–water partition coefficient (Wildman–Crippen LogP) is 2.93. The lowest BCUT2D eigenvalue weighted by Crippen LogP contribution is -2.35. The van der Waals surface area contributed by atoms with Crippen molar-refractivity contribution < 1.29 is 4.79 Å². The Morgan fingerprint density at radius 1 is 0.913 bits per heavy atom. The number of amides is 1. The van der Waals surface area contributed by atoms with Gasteiger partial charge >= 0.3 is 0 Å². The molecule has 120 valence electrons.